The third kappa shape index (κ3) is 3.62. The molecule has 2 aromatic carbocycles. The van der Waals surface area contributed by atoms with E-state index in [1.165, 1.54) is 6.07 Å². The Morgan fingerprint density at radius 3 is 2.46 bits per heavy atom. The molecule has 0 atom stereocenters. The zero-order chi connectivity index (χ0) is 19.7. The van der Waals surface area contributed by atoms with E-state index in [4.69, 9.17) is 9.47 Å². The van der Waals surface area contributed by atoms with Crippen LogP contribution in [0.15, 0.2) is 36.4 Å². The Kier molecular flexibility index (Phi) is 4.85. The minimum atomic E-state index is -1.05. The summed E-state index contributed by atoms with van der Waals surface area (Å²) in [5.74, 6) is -1.54. The summed E-state index contributed by atoms with van der Waals surface area (Å²) >= 11 is 0. The van der Waals surface area contributed by atoms with Crippen LogP contribution in [-0.4, -0.2) is 36.6 Å². The van der Waals surface area contributed by atoms with Gasteiger partial charge < -0.3 is 19.7 Å². The number of halogens is 2. The van der Waals surface area contributed by atoms with Crippen molar-refractivity contribution in [1.82, 2.24) is 4.90 Å². The summed E-state index contributed by atoms with van der Waals surface area (Å²) in [5, 5.41) is 2.86. The van der Waals surface area contributed by atoms with Gasteiger partial charge in [0.15, 0.2) is 23.1 Å². The first-order valence-corrected chi connectivity index (χ1v) is 8.96. The topological polar surface area (TPSA) is 67.9 Å². The summed E-state index contributed by atoms with van der Waals surface area (Å²) in [4.78, 5) is 26.5. The second-order valence-electron chi connectivity index (χ2n) is 6.75. The Morgan fingerprint density at radius 1 is 0.964 bits per heavy atom. The SMILES string of the molecule is O=C(Nc1ccc2c(c1)OCO2)C1CCN(C(=O)c2ccc(F)c(F)c2)CC1. The van der Waals surface area contributed by atoms with Gasteiger partial charge in [0.05, 0.1) is 0 Å². The molecule has 2 heterocycles. The van der Waals surface area contributed by atoms with Crippen LogP contribution in [-0.2, 0) is 4.79 Å². The first kappa shape index (κ1) is 18.2. The molecule has 0 radical (unpaired) electrons. The van der Waals surface area contributed by atoms with E-state index in [9.17, 15) is 18.4 Å². The highest BCUT2D eigenvalue weighted by Gasteiger charge is 2.28. The lowest BCUT2D eigenvalue weighted by Crippen LogP contribution is -2.41. The van der Waals surface area contributed by atoms with Crippen LogP contribution < -0.4 is 14.8 Å². The van der Waals surface area contributed by atoms with Crippen LogP contribution in [0.5, 0.6) is 11.5 Å². The van der Waals surface area contributed by atoms with Crippen molar-refractivity contribution in [2.45, 2.75) is 12.8 Å². The van der Waals surface area contributed by atoms with Crippen molar-refractivity contribution in [1.29, 1.82) is 0 Å². The zero-order valence-corrected chi connectivity index (χ0v) is 14.9. The molecule has 2 aromatic rings. The lowest BCUT2D eigenvalue weighted by Gasteiger charge is -2.31. The Hall–Kier alpha value is -3.16. The number of ether oxygens (including phenoxy) is 2. The number of amides is 2. The van der Waals surface area contributed by atoms with Gasteiger partial charge in [0.25, 0.3) is 5.91 Å². The molecular formula is C20H18F2N2O4. The Labute approximate surface area is 160 Å². The number of fused-ring (bicyclic) bond motifs is 1. The van der Waals surface area contributed by atoms with Crippen LogP contribution in [0.1, 0.15) is 23.2 Å². The molecule has 6 nitrogen and oxygen atoms in total. The van der Waals surface area contributed by atoms with Crippen LogP contribution in [0.4, 0.5) is 14.5 Å². The molecule has 146 valence electrons. The monoisotopic (exact) mass is 388 g/mol. The maximum Gasteiger partial charge on any atom is 0.253 e. The molecule has 2 aliphatic rings. The van der Waals surface area contributed by atoms with Crippen LogP contribution in [0, 0.1) is 17.6 Å². The predicted octanol–water partition coefficient (Wildman–Crippen LogP) is 3.18. The van der Waals surface area contributed by atoms with Crippen molar-refractivity contribution in [3.05, 3.63) is 53.6 Å². The molecule has 28 heavy (non-hydrogen) atoms. The maximum atomic E-state index is 13.3. The summed E-state index contributed by atoms with van der Waals surface area (Å²) in [7, 11) is 0. The molecule has 2 aliphatic heterocycles. The first-order valence-electron chi connectivity index (χ1n) is 8.96. The summed E-state index contributed by atoms with van der Waals surface area (Å²) in [5.41, 5.74) is 0.719. The van der Waals surface area contributed by atoms with Gasteiger partial charge in [-0.1, -0.05) is 0 Å². The number of benzene rings is 2. The highest BCUT2D eigenvalue weighted by molar-refractivity contribution is 5.95. The second kappa shape index (κ2) is 7.46. The fourth-order valence-electron chi connectivity index (χ4n) is 3.38. The number of carbonyl (C=O) groups is 2. The van der Waals surface area contributed by atoms with E-state index in [2.05, 4.69) is 5.32 Å². The average molecular weight is 388 g/mol. The van der Waals surface area contributed by atoms with Gasteiger partial charge in [-0.25, -0.2) is 8.78 Å². The third-order valence-electron chi connectivity index (χ3n) is 4.96. The van der Waals surface area contributed by atoms with Crippen molar-refractivity contribution in [3.8, 4) is 11.5 Å². The van der Waals surface area contributed by atoms with Crippen molar-refractivity contribution < 1.29 is 27.8 Å². The summed E-state index contributed by atoms with van der Waals surface area (Å²) in [6.45, 7) is 0.908. The molecule has 8 heteroatoms. The van der Waals surface area contributed by atoms with E-state index in [-0.39, 0.29) is 30.1 Å². The van der Waals surface area contributed by atoms with E-state index in [0.717, 1.165) is 12.1 Å². The first-order chi connectivity index (χ1) is 13.5. The van der Waals surface area contributed by atoms with E-state index in [1.807, 2.05) is 0 Å². The molecule has 0 aromatic heterocycles. The smallest absolute Gasteiger partial charge is 0.253 e. The Morgan fingerprint density at radius 2 is 1.71 bits per heavy atom. The number of hydrogen-bond donors (Lipinski definition) is 1. The van der Waals surface area contributed by atoms with Crippen molar-refractivity contribution in [2.24, 2.45) is 5.92 Å². The van der Waals surface area contributed by atoms with Gasteiger partial charge in [-0.15, -0.1) is 0 Å². The standard InChI is InChI=1S/C20H18F2N2O4/c21-15-3-1-13(9-16(15)22)20(26)24-7-5-12(6-8-24)19(25)23-14-2-4-17-18(10-14)28-11-27-17/h1-4,9-10,12H,5-8,11H2,(H,23,25). The molecule has 0 spiro atoms. The number of piperidine rings is 1. The Balaban J connectivity index is 1.33. The lowest BCUT2D eigenvalue weighted by molar-refractivity contribution is -0.121. The van der Waals surface area contributed by atoms with Crippen LogP contribution in [0.3, 0.4) is 0 Å². The number of likely N-dealkylation sites (tertiary alicyclic amines) is 1. The molecule has 2 amide bonds. The number of nitrogens with one attached hydrogen (secondary N) is 1. The van der Waals surface area contributed by atoms with Crippen molar-refractivity contribution >= 4 is 17.5 Å². The molecule has 0 unspecified atom stereocenters. The van der Waals surface area contributed by atoms with E-state index < -0.39 is 11.6 Å². The fourth-order valence-corrected chi connectivity index (χ4v) is 3.38. The van der Waals surface area contributed by atoms with Crippen LogP contribution >= 0.6 is 0 Å². The van der Waals surface area contributed by atoms with Gasteiger partial charge in [-0.05, 0) is 43.2 Å². The van der Waals surface area contributed by atoms with Gasteiger partial charge in [-0.3, -0.25) is 9.59 Å². The fraction of sp³-hybridized carbons (Fsp3) is 0.300. The number of hydrogen-bond acceptors (Lipinski definition) is 4. The van der Waals surface area contributed by atoms with Gasteiger partial charge in [0.2, 0.25) is 12.7 Å². The Bertz CT molecular complexity index is 926. The van der Waals surface area contributed by atoms with E-state index >= 15 is 0 Å². The quantitative estimate of drug-likeness (QED) is 0.877. The molecule has 1 saturated heterocycles. The minimum Gasteiger partial charge on any atom is -0.454 e. The highest BCUT2D eigenvalue weighted by atomic mass is 19.2. The predicted molar refractivity (Wildman–Crippen MR) is 96.2 cm³/mol. The molecule has 0 saturated carbocycles. The number of anilines is 1. The number of nitrogens with zero attached hydrogens (tertiary/aromatic N) is 1. The normalized spacial score (nSPS) is 16.1. The summed E-state index contributed by atoms with van der Waals surface area (Å²) < 4.78 is 36.9. The van der Waals surface area contributed by atoms with Crippen LogP contribution in [0.2, 0.25) is 0 Å². The van der Waals surface area contributed by atoms with Crippen LogP contribution in [0.25, 0.3) is 0 Å². The largest absolute Gasteiger partial charge is 0.454 e. The van der Waals surface area contributed by atoms with Gasteiger partial charge >= 0.3 is 0 Å². The van der Waals surface area contributed by atoms with Gasteiger partial charge in [0, 0.05) is 36.3 Å². The zero-order valence-electron chi connectivity index (χ0n) is 14.9. The van der Waals surface area contributed by atoms with E-state index in [1.54, 1.807) is 23.1 Å². The number of rotatable bonds is 3. The van der Waals surface area contributed by atoms with Gasteiger partial charge in [0.1, 0.15) is 0 Å². The van der Waals surface area contributed by atoms with Crippen molar-refractivity contribution in [3.63, 3.8) is 0 Å². The lowest BCUT2D eigenvalue weighted by atomic mass is 9.95. The summed E-state index contributed by atoms with van der Waals surface area (Å²) in [6.07, 6.45) is 0.984. The minimum absolute atomic E-state index is 0.0992. The molecule has 1 fully saturated rings. The molecule has 1 N–H and O–H groups in total. The molecule has 4 rings (SSSR count). The highest BCUT2D eigenvalue weighted by Crippen LogP contribution is 2.34. The average Bonchev–Trinajstić information content (AvgIpc) is 3.17. The van der Waals surface area contributed by atoms with Crippen molar-refractivity contribution in [2.75, 3.05) is 25.2 Å². The third-order valence-corrected chi connectivity index (χ3v) is 4.96. The molecule has 0 bridgehead atoms. The second-order valence-corrected chi connectivity index (χ2v) is 6.75. The molecular weight excluding hydrogens is 370 g/mol. The van der Waals surface area contributed by atoms with E-state index in [0.29, 0.717) is 43.1 Å². The number of carbonyl (C=O) groups excluding carboxylic acids is 2. The van der Waals surface area contributed by atoms with Gasteiger partial charge in [-0.2, -0.15) is 0 Å². The molecule has 0 aliphatic carbocycles. The summed E-state index contributed by atoms with van der Waals surface area (Å²) in [6, 6.07) is 8.29. The maximum absolute atomic E-state index is 13.3.